The van der Waals surface area contributed by atoms with Crippen molar-refractivity contribution in [2.75, 3.05) is 6.61 Å². The lowest BCUT2D eigenvalue weighted by molar-refractivity contribution is 0.112. The average Bonchev–Trinajstić information content (AvgIpc) is 2.34. The lowest BCUT2D eigenvalue weighted by atomic mass is 10.5. The van der Waals surface area contributed by atoms with Gasteiger partial charge in [-0.1, -0.05) is 5.16 Å². The Morgan fingerprint density at radius 1 is 1.78 bits per heavy atom. The quantitative estimate of drug-likeness (QED) is 0.612. The zero-order chi connectivity index (χ0) is 6.53. The Balaban J connectivity index is 2.30. The first-order chi connectivity index (χ1) is 4.43. The molecule has 3 nitrogen and oxygen atoms in total. The Kier molecular flexibility index (Phi) is 2.27. The van der Waals surface area contributed by atoms with Crippen molar-refractivity contribution in [2.45, 2.75) is 13.5 Å². The molecule has 0 aliphatic rings. The minimum atomic E-state index is 0.524. The smallest absolute Gasteiger partial charge is 0.162 e. The van der Waals surface area contributed by atoms with Gasteiger partial charge in [0.2, 0.25) is 0 Å². The standard InChI is InChI=1S/C6H9NO2/c1-2-8-5-6-3-4-7-9-6/h3-4H,2,5H2,1H3. The maximum Gasteiger partial charge on any atom is 0.162 e. The Labute approximate surface area is 53.6 Å². The molecule has 0 unspecified atom stereocenters. The van der Waals surface area contributed by atoms with E-state index in [2.05, 4.69) is 5.16 Å². The van der Waals surface area contributed by atoms with Crippen LogP contribution in [-0.4, -0.2) is 11.8 Å². The first-order valence-corrected chi connectivity index (χ1v) is 2.90. The summed E-state index contributed by atoms with van der Waals surface area (Å²) in [5.41, 5.74) is 0. The van der Waals surface area contributed by atoms with Gasteiger partial charge in [-0.25, -0.2) is 0 Å². The van der Waals surface area contributed by atoms with Crippen molar-refractivity contribution in [3.8, 4) is 0 Å². The average molecular weight is 127 g/mol. The van der Waals surface area contributed by atoms with Crippen molar-refractivity contribution in [1.82, 2.24) is 5.16 Å². The summed E-state index contributed by atoms with van der Waals surface area (Å²) < 4.78 is 9.80. The van der Waals surface area contributed by atoms with Gasteiger partial charge in [-0.15, -0.1) is 0 Å². The lowest BCUT2D eigenvalue weighted by Gasteiger charge is -1.92. The van der Waals surface area contributed by atoms with E-state index in [1.807, 2.05) is 6.92 Å². The number of rotatable bonds is 3. The molecule has 3 heteroatoms. The molecule has 50 valence electrons. The van der Waals surface area contributed by atoms with E-state index < -0.39 is 0 Å². The molecule has 0 fully saturated rings. The predicted octanol–water partition coefficient (Wildman–Crippen LogP) is 1.21. The van der Waals surface area contributed by atoms with Crippen LogP contribution in [0.25, 0.3) is 0 Å². The van der Waals surface area contributed by atoms with Crippen LogP contribution in [-0.2, 0) is 11.3 Å². The first kappa shape index (κ1) is 6.29. The van der Waals surface area contributed by atoms with Crippen LogP contribution < -0.4 is 0 Å². The fourth-order valence-electron chi connectivity index (χ4n) is 0.519. The third-order valence-electron chi connectivity index (χ3n) is 0.940. The molecular weight excluding hydrogens is 118 g/mol. The van der Waals surface area contributed by atoms with Crippen LogP contribution in [0.1, 0.15) is 12.7 Å². The van der Waals surface area contributed by atoms with Gasteiger partial charge in [0.15, 0.2) is 5.76 Å². The van der Waals surface area contributed by atoms with E-state index in [1.54, 1.807) is 12.3 Å². The van der Waals surface area contributed by atoms with Gasteiger partial charge in [0, 0.05) is 12.7 Å². The van der Waals surface area contributed by atoms with E-state index in [1.165, 1.54) is 0 Å². The second-order valence-corrected chi connectivity index (χ2v) is 1.62. The fourth-order valence-corrected chi connectivity index (χ4v) is 0.519. The summed E-state index contributed by atoms with van der Waals surface area (Å²) in [6, 6.07) is 1.79. The lowest BCUT2D eigenvalue weighted by Crippen LogP contribution is -1.88. The van der Waals surface area contributed by atoms with Gasteiger partial charge in [0.1, 0.15) is 6.61 Å². The maximum absolute atomic E-state index is 5.04. The summed E-state index contributed by atoms with van der Waals surface area (Å²) in [7, 11) is 0. The highest BCUT2D eigenvalue weighted by Gasteiger charge is 1.92. The highest BCUT2D eigenvalue weighted by atomic mass is 16.5. The molecule has 0 amide bonds. The van der Waals surface area contributed by atoms with Crippen molar-refractivity contribution in [3.05, 3.63) is 18.0 Å². The Morgan fingerprint density at radius 2 is 2.67 bits per heavy atom. The molecule has 1 rings (SSSR count). The topological polar surface area (TPSA) is 35.3 Å². The van der Waals surface area contributed by atoms with E-state index in [4.69, 9.17) is 9.26 Å². The van der Waals surface area contributed by atoms with Gasteiger partial charge < -0.3 is 9.26 Å². The summed E-state index contributed by atoms with van der Waals surface area (Å²) in [4.78, 5) is 0. The van der Waals surface area contributed by atoms with E-state index in [0.29, 0.717) is 13.2 Å². The summed E-state index contributed by atoms with van der Waals surface area (Å²) >= 11 is 0. The molecule has 0 aromatic carbocycles. The first-order valence-electron chi connectivity index (χ1n) is 2.90. The molecule has 1 aromatic rings. The van der Waals surface area contributed by atoms with Crippen LogP contribution in [0.2, 0.25) is 0 Å². The zero-order valence-corrected chi connectivity index (χ0v) is 5.33. The van der Waals surface area contributed by atoms with Crippen molar-refractivity contribution in [3.63, 3.8) is 0 Å². The summed E-state index contributed by atoms with van der Waals surface area (Å²) in [6.07, 6.45) is 1.61. The van der Waals surface area contributed by atoms with Gasteiger partial charge in [-0.05, 0) is 6.92 Å². The van der Waals surface area contributed by atoms with Gasteiger partial charge in [-0.3, -0.25) is 0 Å². The molecule has 0 N–H and O–H groups in total. The van der Waals surface area contributed by atoms with Gasteiger partial charge in [0.05, 0.1) is 6.20 Å². The SMILES string of the molecule is CCOCc1ccno1. The molecular formula is C6H9NO2. The maximum atomic E-state index is 5.04. The number of nitrogens with zero attached hydrogens (tertiary/aromatic N) is 1. The molecule has 1 heterocycles. The van der Waals surface area contributed by atoms with Gasteiger partial charge in [0.25, 0.3) is 0 Å². The predicted molar refractivity (Wildman–Crippen MR) is 31.8 cm³/mol. The van der Waals surface area contributed by atoms with E-state index in [9.17, 15) is 0 Å². The molecule has 0 aliphatic heterocycles. The molecule has 0 radical (unpaired) electrons. The number of aromatic nitrogens is 1. The normalized spacial score (nSPS) is 9.89. The van der Waals surface area contributed by atoms with Crippen LogP contribution in [0, 0.1) is 0 Å². The molecule has 0 atom stereocenters. The number of hydrogen-bond donors (Lipinski definition) is 0. The minimum Gasteiger partial charge on any atom is -0.374 e. The second kappa shape index (κ2) is 3.25. The van der Waals surface area contributed by atoms with Gasteiger partial charge >= 0.3 is 0 Å². The number of hydrogen-bond acceptors (Lipinski definition) is 3. The molecule has 0 aliphatic carbocycles. The van der Waals surface area contributed by atoms with Crippen LogP contribution in [0.4, 0.5) is 0 Å². The van der Waals surface area contributed by atoms with Crippen LogP contribution in [0.5, 0.6) is 0 Å². The van der Waals surface area contributed by atoms with E-state index in [-0.39, 0.29) is 0 Å². The van der Waals surface area contributed by atoms with Crippen molar-refractivity contribution >= 4 is 0 Å². The number of ether oxygens (including phenoxy) is 1. The molecule has 0 bridgehead atoms. The summed E-state index contributed by atoms with van der Waals surface area (Å²) in [5.74, 6) is 0.775. The third kappa shape index (κ3) is 1.85. The fraction of sp³-hybridized carbons (Fsp3) is 0.500. The van der Waals surface area contributed by atoms with E-state index >= 15 is 0 Å². The third-order valence-corrected chi connectivity index (χ3v) is 0.940. The largest absolute Gasteiger partial charge is 0.374 e. The Morgan fingerprint density at radius 3 is 3.22 bits per heavy atom. The molecule has 0 saturated heterocycles. The zero-order valence-electron chi connectivity index (χ0n) is 5.33. The Bertz CT molecular complexity index is 148. The molecule has 0 saturated carbocycles. The van der Waals surface area contributed by atoms with Gasteiger partial charge in [-0.2, -0.15) is 0 Å². The van der Waals surface area contributed by atoms with Crippen molar-refractivity contribution in [1.29, 1.82) is 0 Å². The van der Waals surface area contributed by atoms with E-state index in [0.717, 1.165) is 5.76 Å². The minimum absolute atomic E-state index is 0.524. The summed E-state index contributed by atoms with van der Waals surface area (Å²) in [5, 5.41) is 3.52. The highest BCUT2D eigenvalue weighted by Crippen LogP contribution is 1.97. The monoisotopic (exact) mass is 127 g/mol. The van der Waals surface area contributed by atoms with Crippen LogP contribution in [0.15, 0.2) is 16.8 Å². The van der Waals surface area contributed by atoms with Crippen molar-refractivity contribution < 1.29 is 9.26 Å². The molecule has 0 spiro atoms. The summed E-state index contributed by atoms with van der Waals surface area (Å²) in [6.45, 7) is 3.17. The second-order valence-electron chi connectivity index (χ2n) is 1.62. The molecule has 1 aromatic heterocycles. The van der Waals surface area contributed by atoms with Crippen LogP contribution in [0.3, 0.4) is 0 Å². The van der Waals surface area contributed by atoms with Crippen molar-refractivity contribution in [2.24, 2.45) is 0 Å². The molecule has 9 heavy (non-hydrogen) atoms. The Hall–Kier alpha value is -0.830. The highest BCUT2D eigenvalue weighted by molar-refractivity contribution is 4.89. The van der Waals surface area contributed by atoms with Crippen LogP contribution >= 0.6 is 0 Å².